The van der Waals surface area contributed by atoms with Crippen molar-refractivity contribution in [1.29, 1.82) is 0 Å². The molecule has 0 aliphatic rings. The number of benzene rings is 2. The summed E-state index contributed by atoms with van der Waals surface area (Å²) in [5.41, 5.74) is 9.38. The molecule has 0 saturated heterocycles. The predicted octanol–water partition coefficient (Wildman–Crippen LogP) is 2.68. The molecule has 0 aliphatic carbocycles. The zero-order valence-corrected chi connectivity index (χ0v) is 12.1. The summed E-state index contributed by atoms with van der Waals surface area (Å²) in [5, 5.41) is 8.95. The number of carboxylic acid groups (broad SMARTS) is 1. The Morgan fingerprint density at radius 2 is 1.86 bits per heavy atom. The minimum Gasteiger partial charge on any atom is -0.481 e. The van der Waals surface area contributed by atoms with Crippen LogP contribution in [-0.4, -0.2) is 20.6 Å². The van der Waals surface area contributed by atoms with E-state index < -0.39 is 5.97 Å². The van der Waals surface area contributed by atoms with Gasteiger partial charge in [0.05, 0.1) is 17.5 Å². The summed E-state index contributed by atoms with van der Waals surface area (Å²) in [4.78, 5) is 15.5. The lowest BCUT2D eigenvalue weighted by Gasteiger charge is -2.08. The molecule has 0 unspecified atom stereocenters. The van der Waals surface area contributed by atoms with Gasteiger partial charge in [0.25, 0.3) is 0 Å². The highest BCUT2D eigenvalue weighted by molar-refractivity contribution is 5.76. The number of aliphatic carboxylic acids is 1. The Balaban J connectivity index is 1.97. The number of para-hydroxylation sites is 2. The zero-order chi connectivity index (χ0) is 15.5. The van der Waals surface area contributed by atoms with E-state index in [-0.39, 0.29) is 6.42 Å². The number of nitrogen functional groups attached to an aromatic ring is 1. The molecule has 1 heterocycles. The molecule has 22 heavy (non-hydrogen) atoms. The molecule has 3 rings (SSSR count). The van der Waals surface area contributed by atoms with E-state index in [4.69, 9.17) is 10.8 Å². The highest BCUT2D eigenvalue weighted by Gasteiger charge is 2.12. The van der Waals surface area contributed by atoms with E-state index in [0.717, 1.165) is 28.1 Å². The quantitative estimate of drug-likeness (QED) is 0.709. The maximum atomic E-state index is 10.9. The van der Waals surface area contributed by atoms with Gasteiger partial charge in [-0.25, -0.2) is 4.98 Å². The first kappa shape index (κ1) is 14.1. The molecular formula is C17H17N3O2. The Kier molecular flexibility index (Phi) is 3.78. The molecule has 0 bridgehead atoms. The van der Waals surface area contributed by atoms with Gasteiger partial charge in [-0.05, 0) is 29.8 Å². The highest BCUT2D eigenvalue weighted by Crippen LogP contribution is 2.19. The van der Waals surface area contributed by atoms with Gasteiger partial charge in [0.15, 0.2) is 0 Å². The second-order valence-electron chi connectivity index (χ2n) is 5.23. The van der Waals surface area contributed by atoms with Crippen LogP contribution in [0.4, 0.5) is 5.69 Å². The molecule has 2 aromatic carbocycles. The minimum absolute atomic E-state index is 0.0785. The van der Waals surface area contributed by atoms with E-state index in [2.05, 4.69) is 4.98 Å². The summed E-state index contributed by atoms with van der Waals surface area (Å²) in [6.45, 7) is 0.417. The van der Waals surface area contributed by atoms with Crippen LogP contribution in [-0.2, 0) is 17.8 Å². The van der Waals surface area contributed by atoms with Crippen molar-refractivity contribution in [3.63, 3.8) is 0 Å². The van der Waals surface area contributed by atoms with Gasteiger partial charge in [0, 0.05) is 18.7 Å². The molecule has 0 aliphatic heterocycles. The molecule has 5 heteroatoms. The second kappa shape index (κ2) is 5.89. The summed E-state index contributed by atoms with van der Waals surface area (Å²) in [6.07, 6.45) is 0.726. The molecule has 1 aromatic heterocycles. The van der Waals surface area contributed by atoms with Crippen molar-refractivity contribution in [1.82, 2.24) is 9.55 Å². The number of anilines is 1. The monoisotopic (exact) mass is 295 g/mol. The number of hydrogen-bond acceptors (Lipinski definition) is 3. The van der Waals surface area contributed by atoms with Crippen LogP contribution in [0.3, 0.4) is 0 Å². The Labute approximate surface area is 128 Å². The largest absolute Gasteiger partial charge is 0.481 e. The van der Waals surface area contributed by atoms with Crippen LogP contribution in [0.1, 0.15) is 17.8 Å². The van der Waals surface area contributed by atoms with Crippen LogP contribution in [0.2, 0.25) is 0 Å². The van der Waals surface area contributed by atoms with E-state index in [0.29, 0.717) is 13.0 Å². The number of rotatable bonds is 5. The summed E-state index contributed by atoms with van der Waals surface area (Å²) in [5.74, 6) is 0.0587. The SMILES string of the molecule is Nc1ccc(Cc2nc3ccccc3n2CCC(=O)O)cc1. The summed E-state index contributed by atoms with van der Waals surface area (Å²) in [7, 11) is 0. The molecular weight excluding hydrogens is 278 g/mol. The van der Waals surface area contributed by atoms with E-state index in [1.807, 2.05) is 53.1 Å². The number of carboxylic acids is 1. The van der Waals surface area contributed by atoms with Crippen molar-refractivity contribution in [3.8, 4) is 0 Å². The minimum atomic E-state index is -0.809. The smallest absolute Gasteiger partial charge is 0.305 e. The normalized spacial score (nSPS) is 10.9. The number of hydrogen-bond donors (Lipinski definition) is 2. The Morgan fingerprint density at radius 1 is 1.14 bits per heavy atom. The van der Waals surface area contributed by atoms with Crippen LogP contribution >= 0.6 is 0 Å². The third kappa shape index (κ3) is 2.93. The van der Waals surface area contributed by atoms with Crippen molar-refractivity contribution in [3.05, 3.63) is 59.9 Å². The van der Waals surface area contributed by atoms with Gasteiger partial charge >= 0.3 is 5.97 Å². The molecule has 3 N–H and O–H groups in total. The van der Waals surface area contributed by atoms with Gasteiger partial charge in [-0.3, -0.25) is 4.79 Å². The third-order valence-corrected chi connectivity index (χ3v) is 3.62. The first-order valence-electron chi connectivity index (χ1n) is 7.14. The fraction of sp³-hybridized carbons (Fsp3) is 0.176. The van der Waals surface area contributed by atoms with Gasteiger partial charge in [-0.1, -0.05) is 24.3 Å². The molecule has 0 spiro atoms. The average Bonchev–Trinajstić information content (AvgIpc) is 2.85. The van der Waals surface area contributed by atoms with Gasteiger partial charge in [0.1, 0.15) is 5.82 Å². The standard InChI is InChI=1S/C17H17N3O2/c18-13-7-5-12(6-8-13)11-16-19-14-3-1-2-4-15(14)20(16)10-9-17(21)22/h1-8H,9-11,18H2,(H,21,22). The van der Waals surface area contributed by atoms with Crippen LogP contribution in [0, 0.1) is 0 Å². The lowest BCUT2D eigenvalue weighted by atomic mass is 10.1. The maximum absolute atomic E-state index is 10.9. The Morgan fingerprint density at radius 3 is 2.59 bits per heavy atom. The van der Waals surface area contributed by atoms with E-state index in [1.165, 1.54) is 0 Å². The van der Waals surface area contributed by atoms with Crippen molar-refractivity contribution in [2.24, 2.45) is 0 Å². The Hall–Kier alpha value is -2.82. The van der Waals surface area contributed by atoms with Gasteiger partial charge in [-0.2, -0.15) is 0 Å². The van der Waals surface area contributed by atoms with Crippen molar-refractivity contribution >= 4 is 22.7 Å². The lowest BCUT2D eigenvalue weighted by molar-refractivity contribution is -0.137. The summed E-state index contributed by atoms with van der Waals surface area (Å²) < 4.78 is 1.99. The summed E-state index contributed by atoms with van der Waals surface area (Å²) in [6, 6.07) is 15.4. The predicted molar refractivity (Wildman–Crippen MR) is 85.6 cm³/mol. The van der Waals surface area contributed by atoms with Crippen LogP contribution < -0.4 is 5.73 Å². The molecule has 0 fully saturated rings. The number of carbonyl (C=O) groups is 1. The Bertz CT molecular complexity index is 806. The molecule has 112 valence electrons. The summed E-state index contributed by atoms with van der Waals surface area (Å²) >= 11 is 0. The van der Waals surface area contributed by atoms with Crippen LogP contribution in [0.15, 0.2) is 48.5 Å². The molecule has 3 aromatic rings. The number of nitrogens with zero attached hydrogens (tertiary/aromatic N) is 2. The topological polar surface area (TPSA) is 81.1 Å². The molecule has 5 nitrogen and oxygen atoms in total. The van der Waals surface area contributed by atoms with Gasteiger partial charge in [0.2, 0.25) is 0 Å². The zero-order valence-electron chi connectivity index (χ0n) is 12.1. The van der Waals surface area contributed by atoms with E-state index in [9.17, 15) is 4.79 Å². The van der Waals surface area contributed by atoms with Gasteiger partial charge < -0.3 is 15.4 Å². The third-order valence-electron chi connectivity index (χ3n) is 3.62. The molecule has 0 saturated carbocycles. The van der Waals surface area contributed by atoms with E-state index >= 15 is 0 Å². The lowest BCUT2D eigenvalue weighted by Crippen LogP contribution is -2.08. The van der Waals surface area contributed by atoms with Crippen LogP contribution in [0.25, 0.3) is 11.0 Å². The van der Waals surface area contributed by atoms with Gasteiger partial charge in [-0.15, -0.1) is 0 Å². The van der Waals surface area contributed by atoms with Crippen LogP contribution in [0.5, 0.6) is 0 Å². The highest BCUT2D eigenvalue weighted by atomic mass is 16.4. The van der Waals surface area contributed by atoms with Crippen molar-refractivity contribution < 1.29 is 9.90 Å². The van der Waals surface area contributed by atoms with Crippen molar-refractivity contribution in [2.45, 2.75) is 19.4 Å². The van der Waals surface area contributed by atoms with Crippen molar-refractivity contribution in [2.75, 3.05) is 5.73 Å². The first-order valence-corrected chi connectivity index (χ1v) is 7.14. The van der Waals surface area contributed by atoms with E-state index in [1.54, 1.807) is 0 Å². The fourth-order valence-electron chi connectivity index (χ4n) is 2.54. The first-order chi connectivity index (χ1) is 10.6. The number of nitrogens with two attached hydrogens (primary N) is 1. The number of aryl methyl sites for hydroxylation is 1. The second-order valence-corrected chi connectivity index (χ2v) is 5.23. The number of imidazole rings is 1. The molecule has 0 radical (unpaired) electrons. The maximum Gasteiger partial charge on any atom is 0.305 e. The average molecular weight is 295 g/mol. The fourth-order valence-corrected chi connectivity index (χ4v) is 2.54. The number of fused-ring (bicyclic) bond motifs is 1. The molecule has 0 amide bonds. The number of aromatic nitrogens is 2. The molecule has 0 atom stereocenters.